The van der Waals surface area contributed by atoms with Gasteiger partial charge in [-0.2, -0.15) is 4.31 Å². The third kappa shape index (κ3) is 4.87. The summed E-state index contributed by atoms with van der Waals surface area (Å²) in [6.07, 6.45) is 3.12. The summed E-state index contributed by atoms with van der Waals surface area (Å²) < 4.78 is 33.8. The van der Waals surface area contributed by atoms with E-state index in [1.165, 1.54) is 0 Å². The van der Waals surface area contributed by atoms with Gasteiger partial charge in [-0.1, -0.05) is 24.3 Å². The maximum Gasteiger partial charge on any atom is 0.323 e. The van der Waals surface area contributed by atoms with Crippen molar-refractivity contribution in [2.75, 3.05) is 31.1 Å². The fourth-order valence-corrected chi connectivity index (χ4v) is 6.53. The number of carboxylic acids is 1. The fourth-order valence-electron chi connectivity index (χ4n) is 5.06. The lowest BCUT2D eigenvalue weighted by Crippen LogP contribution is -2.40. The summed E-state index contributed by atoms with van der Waals surface area (Å²) in [5, 5.41) is 9.27. The molecular weight excluding hydrogens is 466 g/mol. The van der Waals surface area contributed by atoms with Crippen LogP contribution in [0.1, 0.15) is 24.3 Å². The average Bonchev–Trinajstić information content (AvgIpc) is 3.23. The number of fused-ring (bicyclic) bond motifs is 1. The minimum absolute atomic E-state index is 0.0856. The Morgan fingerprint density at radius 1 is 0.971 bits per heavy atom. The van der Waals surface area contributed by atoms with Crippen LogP contribution in [0.3, 0.4) is 0 Å². The standard InChI is InChI=1S/C26H27N3O5S/c30-25(31)18-28-17-24(23-7-4-14-27-26(23)28)19-12-15-29(16-13-19)35(32,33)22-10-8-21(9-11-22)34-20-5-2-1-3-6-20/h1-11,14,19,24H,12-13,15-18H2,(H,30,31). The van der Waals surface area contributed by atoms with Gasteiger partial charge in [-0.25, -0.2) is 13.4 Å². The highest BCUT2D eigenvalue weighted by atomic mass is 32.2. The third-order valence-electron chi connectivity index (χ3n) is 6.77. The van der Waals surface area contributed by atoms with Gasteiger partial charge in [0.2, 0.25) is 10.0 Å². The first-order valence-corrected chi connectivity index (χ1v) is 13.1. The molecule has 0 spiro atoms. The predicted octanol–water partition coefficient (Wildman–Crippen LogP) is 3.96. The first-order chi connectivity index (χ1) is 16.9. The van der Waals surface area contributed by atoms with Gasteiger partial charge in [-0.3, -0.25) is 4.79 Å². The fraction of sp³-hybridized carbons (Fsp3) is 0.308. The van der Waals surface area contributed by atoms with Gasteiger partial charge in [-0.05, 0) is 66.8 Å². The molecule has 1 aromatic heterocycles. The molecular formula is C26H27N3O5S. The molecule has 8 nitrogen and oxygen atoms in total. The van der Waals surface area contributed by atoms with E-state index in [1.807, 2.05) is 47.4 Å². The van der Waals surface area contributed by atoms with E-state index in [9.17, 15) is 18.3 Å². The van der Waals surface area contributed by atoms with Crippen molar-refractivity contribution in [2.45, 2.75) is 23.7 Å². The Kier molecular flexibility index (Phi) is 6.44. The molecule has 0 saturated carbocycles. The van der Waals surface area contributed by atoms with Crippen molar-refractivity contribution in [1.82, 2.24) is 9.29 Å². The number of hydrogen-bond acceptors (Lipinski definition) is 6. The number of benzene rings is 2. The molecule has 1 atom stereocenters. The van der Waals surface area contributed by atoms with Crippen molar-refractivity contribution in [3.63, 3.8) is 0 Å². The van der Waals surface area contributed by atoms with Gasteiger partial charge < -0.3 is 14.7 Å². The van der Waals surface area contributed by atoms with Crippen molar-refractivity contribution < 1.29 is 23.1 Å². The highest BCUT2D eigenvalue weighted by Crippen LogP contribution is 2.42. The van der Waals surface area contributed by atoms with Crippen LogP contribution in [0, 0.1) is 5.92 Å². The van der Waals surface area contributed by atoms with Gasteiger partial charge in [0.1, 0.15) is 23.9 Å². The van der Waals surface area contributed by atoms with Crippen LogP contribution in [0.15, 0.2) is 77.8 Å². The van der Waals surface area contributed by atoms with E-state index >= 15 is 0 Å². The van der Waals surface area contributed by atoms with Crippen LogP contribution in [0.2, 0.25) is 0 Å². The lowest BCUT2D eigenvalue weighted by Gasteiger charge is -2.34. The number of aliphatic carboxylic acids is 1. The highest BCUT2D eigenvalue weighted by Gasteiger charge is 2.39. The summed E-state index contributed by atoms with van der Waals surface area (Å²) in [6, 6.07) is 19.7. The maximum atomic E-state index is 13.3. The highest BCUT2D eigenvalue weighted by molar-refractivity contribution is 7.89. The molecule has 0 amide bonds. The summed E-state index contributed by atoms with van der Waals surface area (Å²) in [4.78, 5) is 17.8. The monoisotopic (exact) mass is 493 g/mol. The summed E-state index contributed by atoms with van der Waals surface area (Å²) in [5.74, 6) is 1.53. The smallest absolute Gasteiger partial charge is 0.323 e. The van der Waals surface area contributed by atoms with Crippen molar-refractivity contribution in [3.05, 3.63) is 78.5 Å². The lowest BCUT2D eigenvalue weighted by atomic mass is 9.82. The summed E-state index contributed by atoms with van der Waals surface area (Å²) in [7, 11) is -3.61. The number of piperidine rings is 1. The summed E-state index contributed by atoms with van der Waals surface area (Å²) in [5.41, 5.74) is 1.06. The Hall–Kier alpha value is -3.43. The molecule has 1 N–H and O–H groups in total. The van der Waals surface area contributed by atoms with Crippen molar-refractivity contribution in [3.8, 4) is 11.5 Å². The van der Waals surface area contributed by atoms with Crippen LogP contribution in [-0.2, 0) is 14.8 Å². The van der Waals surface area contributed by atoms with Crippen LogP contribution < -0.4 is 9.64 Å². The Labute approximate surface area is 204 Å². The summed E-state index contributed by atoms with van der Waals surface area (Å²) in [6.45, 7) is 1.37. The second-order valence-electron chi connectivity index (χ2n) is 8.93. The second-order valence-corrected chi connectivity index (χ2v) is 10.9. The minimum Gasteiger partial charge on any atom is -0.480 e. The van der Waals surface area contributed by atoms with Gasteiger partial charge in [0, 0.05) is 31.7 Å². The Balaban J connectivity index is 1.24. The third-order valence-corrected chi connectivity index (χ3v) is 8.68. The normalized spacial score (nSPS) is 18.9. The first kappa shape index (κ1) is 23.3. The van der Waals surface area contributed by atoms with E-state index in [4.69, 9.17) is 4.74 Å². The SMILES string of the molecule is O=C(O)CN1CC(C2CCN(S(=O)(=O)c3ccc(Oc4ccccc4)cc3)CC2)c2cccnc21. The van der Waals surface area contributed by atoms with E-state index in [-0.39, 0.29) is 23.3 Å². The maximum absolute atomic E-state index is 13.3. The van der Waals surface area contributed by atoms with Crippen LogP contribution >= 0.6 is 0 Å². The molecule has 9 heteroatoms. The van der Waals surface area contributed by atoms with Crippen molar-refractivity contribution >= 4 is 21.8 Å². The molecule has 3 aromatic rings. The van der Waals surface area contributed by atoms with Crippen LogP contribution in [0.25, 0.3) is 0 Å². The van der Waals surface area contributed by atoms with Gasteiger partial charge >= 0.3 is 5.97 Å². The van der Waals surface area contributed by atoms with Crippen molar-refractivity contribution in [2.24, 2.45) is 5.92 Å². The molecule has 0 aliphatic carbocycles. The molecule has 0 radical (unpaired) electrons. The number of sulfonamides is 1. The zero-order valence-electron chi connectivity index (χ0n) is 19.2. The number of carboxylic acid groups (broad SMARTS) is 1. The molecule has 1 saturated heterocycles. The molecule has 35 heavy (non-hydrogen) atoms. The minimum atomic E-state index is -3.61. The molecule has 2 aliphatic rings. The Morgan fingerprint density at radius 3 is 2.34 bits per heavy atom. The van der Waals surface area contributed by atoms with E-state index in [1.54, 1.807) is 34.8 Å². The molecule has 1 unspecified atom stereocenters. The largest absolute Gasteiger partial charge is 0.480 e. The molecule has 2 aliphatic heterocycles. The van der Waals surface area contributed by atoms with Crippen LogP contribution in [-0.4, -0.2) is 55.0 Å². The van der Waals surface area contributed by atoms with E-state index in [0.29, 0.717) is 44.0 Å². The van der Waals surface area contributed by atoms with Gasteiger partial charge in [0.25, 0.3) is 0 Å². The number of aromatic nitrogens is 1. The molecule has 3 heterocycles. The topological polar surface area (TPSA) is 100 Å². The predicted molar refractivity (Wildman–Crippen MR) is 131 cm³/mol. The average molecular weight is 494 g/mol. The molecule has 1 fully saturated rings. The van der Waals surface area contributed by atoms with E-state index in [2.05, 4.69) is 4.98 Å². The first-order valence-electron chi connectivity index (χ1n) is 11.7. The Bertz CT molecular complexity index is 1290. The number of anilines is 1. The number of hydrogen-bond donors (Lipinski definition) is 1. The van der Waals surface area contributed by atoms with Crippen molar-refractivity contribution in [1.29, 1.82) is 0 Å². The molecule has 2 aromatic carbocycles. The number of nitrogens with zero attached hydrogens (tertiary/aromatic N) is 3. The van der Waals surface area contributed by atoms with Crippen LogP contribution in [0.5, 0.6) is 11.5 Å². The Morgan fingerprint density at radius 2 is 1.66 bits per heavy atom. The number of rotatable bonds is 7. The quantitative estimate of drug-likeness (QED) is 0.532. The summed E-state index contributed by atoms with van der Waals surface area (Å²) >= 11 is 0. The zero-order chi connectivity index (χ0) is 24.4. The molecule has 182 valence electrons. The van der Waals surface area contributed by atoms with Gasteiger partial charge in [0.05, 0.1) is 4.90 Å². The molecule has 0 bridgehead atoms. The van der Waals surface area contributed by atoms with E-state index in [0.717, 1.165) is 11.4 Å². The van der Waals surface area contributed by atoms with Gasteiger partial charge in [-0.15, -0.1) is 0 Å². The number of ether oxygens (including phenoxy) is 1. The number of carbonyl (C=O) groups is 1. The molecule has 5 rings (SSSR count). The van der Waals surface area contributed by atoms with E-state index < -0.39 is 16.0 Å². The van der Waals surface area contributed by atoms with Gasteiger partial charge in [0.15, 0.2) is 0 Å². The zero-order valence-corrected chi connectivity index (χ0v) is 20.0. The van der Waals surface area contributed by atoms with Crippen LogP contribution in [0.4, 0.5) is 5.82 Å². The lowest BCUT2D eigenvalue weighted by molar-refractivity contribution is -0.135. The number of pyridine rings is 1. The second kappa shape index (κ2) is 9.67. The number of para-hydroxylation sites is 1.